The van der Waals surface area contributed by atoms with E-state index in [0.29, 0.717) is 34.1 Å². The predicted molar refractivity (Wildman–Crippen MR) is 174 cm³/mol. The lowest BCUT2D eigenvalue weighted by atomic mass is 9.89. The van der Waals surface area contributed by atoms with Gasteiger partial charge in [-0.1, -0.05) is 42.5 Å². The molecule has 1 fully saturated rings. The van der Waals surface area contributed by atoms with E-state index in [1.54, 1.807) is 66.5 Å². The van der Waals surface area contributed by atoms with Gasteiger partial charge in [0, 0.05) is 37.4 Å². The summed E-state index contributed by atoms with van der Waals surface area (Å²) in [6, 6.07) is 23.0. The Balaban J connectivity index is 1.20. The van der Waals surface area contributed by atoms with Crippen LogP contribution in [0, 0.1) is 12.8 Å². The second-order valence-electron chi connectivity index (χ2n) is 10.9. The van der Waals surface area contributed by atoms with E-state index in [4.69, 9.17) is 4.74 Å². The molecule has 2 atom stereocenters. The summed E-state index contributed by atoms with van der Waals surface area (Å²) in [5.41, 5.74) is 4.27. The number of carboxylic acids is 1. The predicted octanol–water partition coefficient (Wildman–Crippen LogP) is 5.86. The number of benzene rings is 3. The van der Waals surface area contributed by atoms with E-state index in [1.807, 2.05) is 36.6 Å². The van der Waals surface area contributed by atoms with E-state index in [0.717, 1.165) is 16.8 Å². The van der Waals surface area contributed by atoms with Crippen LogP contribution in [0.3, 0.4) is 0 Å². The molecule has 45 heavy (non-hydrogen) atoms. The number of hydrogen-bond donors (Lipinski definition) is 3. The van der Waals surface area contributed by atoms with Crippen LogP contribution in [-0.4, -0.2) is 61.1 Å². The van der Waals surface area contributed by atoms with Crippen molar-refractivity contribution in [3.63, 3.8) is 0 Å². The van der Waals surface area contributed by atoms with Crippen LogP contribution in [0.15, 0.2) is 84.2 Å². The van der Waals surface area contributed by atoms with Crippen molar-refractivity contribution < 1.29 is 29.0 Å². The fourth-order valence-corrected chi connectivity index (χ4v) is 6.21. The van der Waals surface area contributed by atoms with Gasteiger partial charge in [-0.3, -0.25) is 19.3 Å². The Morgan fingerprint density at radius 2 is 1.73 bits per heavy atom. The molecule has 1 aromatic heterocycles. The number of ether oxygens (including phenoxy) is 1. The van der Waals surface area contributed by atoms with E-state index < -0.39 is 11.9 Å². The lowest BCUT2D eigenvalue weighted by Crippen LogP contribution is -2.31. The topological polar surface area (TPSA) is 128 Å². The molecule has 2 heterocycles. The zero-order valence-electron chi connectivity index (χ0n) is 25.2. The van der Waals surface area contributed by atoms with Gasteiger partial charge in [-0.05, 0) is 65.4 Å². The first-order valence-corrected chi connectivity index (χ1v) is 15.2. The smallest absolute Gasteiger partial charge is 0.326 e. The Hall–Kier alpha value is -5.16. The Morgan fingerprint density at radius 1 is 0.978 bits per heavy atom. The summed E-state index contributed by atoms with van der Waals surface area (Å²) < 4.78 is 5.50. The van der Waals surface area contributed by atoms with Gasteiger partial charge in [-0.15, -0.1) is 11.3 Å². The third-order valence-electron chi connectivity index (χ3n) is 7.93. The number of aliphatic carboxylic acids is 1. The zero-order chi connectivity index (χ0) is 32.1. The molecule has 4 amide bonds. The number of nitrogens with one attached hydrogen (secondary N) is 2. The first-order valence-electron chi connectivity index (χ1n) is 14.4. The molecule has 0 spiro atoms. The standard InChI is InChI=1S/C34H34N4O6S/c1-21-7-4-5-8-28(21)37(2)34(43)36-27-15-10-22(17-29(27)44-3)18-31(39)35-24-13-11-23(12-14-24)25-19-38(20-26(25)33(41)42)32(40)30-9-6-16-45-30/h4-17,25-26H,18-20H2,1-3H3,(H,35,39)(H,36,43)(H,41,42). The number of nitrogens with zero attached hydrogens (tertiary/aromatic N) is 2. The maximum absolute atomic E-state index is 12.9. The number of thiophene rings is 1. The monoisotopic (exact) mass is 626 g/mol. The Morgan fingerprint density at radius 3 is 2.40 bits per heavy atom. The summed E-state index contributed by atoms with van der Waals surface area (Å²) in [6.07, 6.45) is 0.0684. The van der Waals surface area contributed by atoms with Gasteiger partial charge in [0.2, 0.25) is 5.91 Å². The molecule has 0 radical (unpaired) electrons. The maximum atomic E-state index is 12.9. The number of rotatable bonds is 9. The quantitative estimate of drug-likeness (QED) is 0.214. The highest BCUT2D eigenvalue weighted by Crippen LogP contribution is 2.35. The van der Waals surface area contributed by atoms with Crippen LogP contribution in [0.4, 0.5) is 21.9 Å². The Kier molecular flexibility index (Phi) is 9.48. The zero-order valence-corrected chi connectivity index (χ0v) is 26.0. The molecule has 1 saturated heterocycles. The Bertz CT molecular complexity index is 1710. The average molecular weight is 627 g/mol. The number of carbonyl (C=O) groups excluding carboxylic acids is 3. The molecular weight excluding hydrogens is 592 g/mol. The highest BCUT2D eigenvalue weighted by atomic mass is 32.1. The van der Waals surface area contributed by atoms with Crippen LogP contribution < -0.4 is 20.3 Å². The molecule has 0 saturated carbocycles. The van der Waals surface area contributed by atoms with E-state index >= 15 is 0 Å². The second kappa shape index (κ2) is 13.6. The van der Waals surface area contributed by atoms with E-state index in [2.05, 4.69) is 10.6 Å². The summed E-state index contributed by atoms with van der Waals surface area (Å²) in [5.74, 6) is -2.02. The van der Waals surface area contributed by atoms with Crippen molar-refractivity contribution in [2.45, 2.75) is 19.3 Å². The number of likely N-dealkylation sites (tertiary alicyclic amines) is 1. The largest absolute Gasteiger partial charge is 0.495 e. The molecule has 5 rings (SSSR count). The highest BCUT2D eigenvalue weighted by Gasteiger charge is 2.40. The molecule has 4 aromatic rings. The van der Waals surface area contributed by atoms with Crippen molar-refractivity contribution >= 4 is 52.2 Å². The van der Waals surface area contributed by atoms with Crippen molar-refractivity contribution in [2.24, 2.45) is 5.92 Å². The number of anilines is 3. The van der Waals surface area contributed by atoms with Gasteiger partial charge in [-0.2, -0.15) is 0 Å². The lowest BCUT2D eigenvalue weighted by molar-refractivity contribution is -0.141. The first kappa shape index (κ1) is 31.3. The molecule has 0 bridgehead atoms. The summed E-state index contributed by atoms with van der Waals surface area (Å²) in [6.45, 7) is 2.38. The van der Waals surface area contributed by atoms with E-state index in [9.17, 15) is 24.3 Å². The summed E-state index contributed by atoms with van der Waals surface area (Å²) >= 11 is 1.33. The molecule has 2 unspecified atom stereocenters. The number of carbonyl (C=O) groups is 4. The van der Waals surface area contributed by atoms with Crippen LogP contribution in [0.2, 0.25) is 0 Å². The maximum Gasteiger partial charge on any atom is 0.326 e. The number of amides is 4. The molecule has 10 nitrogen and oxygen atoms in total. The SMILES string of the molecule is COc1cc(CC(=O)Nc2ccc(C3CN(C(=O)c4cccs4)CC3C(=O)O)cc2)ccc1NC(=O)N(C)c1ccccc1C. The van der Waals surface area contributed by atoms with Gasteiger partial charge in [-0.25, -0.2) is 4.79 Å². The highest BCUT2D eigenvalue weighted by molar-refractivity contribution is 7.12. The number of methoxy groups -OCH3 is 1. The minimum absolute atomic E-state index is 0.0684. The van der Waals surface area contributed by atoms with E-state index in [-0.39, 0.29) is 36.7 Å². The van der Waals surface area contributed by atoms with Gasteiger partial charge < -0.3 is 25.4 Å². The average Bonchev–Trinajstić information content (AvgIpc) is 3.73. The number of urea groups is 1. The van der Waals surface area contributed by atoms with Gasteiger partial charge in [0.1, 0.15) is 5.75 Å². The second-order valence-corrected chi connectivity index (χ2v) is 11.8. The Labute approximate surface area is 265 Å². The van der Waals surface area contributed by atoms with Crippen LogP contribution in [0.25, 0.3) is 0 Å². The minimum atomic E-state index is -0.946. The summed E-state index contributed by atoms with van der Waals surface area (Å²) in [5, 5.41) is 17.4. The van der Waals surface area contributed by atoms with Crippen molar-refractivity contribution in [3.8, 4) is 5.75 Å². The normalized spacial score (nSPS) is 15.8. The first-order chi connectivity index (χ1) is 21.6. The third kappa shape index (κ3) is 7.15. The fraction of sp³-hybridized carbons (Fsp3) is 0.235. The summed E-state index contributed by atoms with van der Waals surface area (Å²) in [7, 11) is 3.19. The van der Waals surface area contributed by atoms with Gasteiger partial charge >= 0.3 is 12.0 Å². The third-order valence-corrected chi connectivity index (χ3v) is 8.79. The van der Waals surface area contributed by atoms with Gasteiger partial charge in [0.25, 0.3) is 5.91 Å². The number of aryl methyl sites for hydroxylation is 1. The number of para-hydroxylation sites is 1. The molecule has 3 aromatic carbocycles. The number of hydrogen-bond acceptors (Lipinski definition) is 6. The molecule has 0 aliphatic carbocycles. The lowest BCUT2D eigenvalue weighted by Gasteiger charge is -2.21. The molecule has 1 aliphatic rings. The molecule has 11 heteroatoms. The van der Waals surface area contributed by atoms with Crippen LogP contribution in [0.1, 0.15) is 32.3 Å². The molecular formula is C34H34N4O6S. The van der Waals surface area contributed by atoms with Crippen LogP contribution >= 0.6 is 11.3 Å². The van der Waals surface area contributed by atoms with Crippen molar-refractivity contribution in [1.82, 2.24) is 4.90 Å². The van der Waals surface area contributed by atoms with Crippen molar-refractivity contribution in [2.75, 3.05) is 42.8 Å². The van der Waals surface area contributed by atoms with Crippen molar-refractivity contribution in [3.05, 3.63) is 106 Å². The molecule has 3 N–H and O–H groups in total. The fourth-order valence-electron chi connectivity index (χ4n) is 5.51. The summed E-state index contributed by atoms with van der Waals surface area (Å²) in [4.78, 5) is 54.4. The van der Waals surface area contributed by atoms with Crippen molar-refractivity contribution in [1.29, 1.82) is 0 Å². The van der Waals surface area contributed by atoms with Gasteiger partial charge in [0.15, 0.2) is 0 Å². The molecule has 232 valence electrons. The van der Waals surface area contributed by atoms with Crippen LogP contribution in [-0.2, 0) is 16.0 Å². The minimum Gasteiger partial charge on any atom is -0.495 e. The van der Waals surface area contributed by atoms with E-state index in [1.165, 1.54) is 23.3 Å². The molecule has 1 aliphatic heterocycles. The van der Waals surface area contributed by atoms with Gasteiger partial charge in [0.05, 0.1) is 30.0 Å². The van der Waals surface area contributed by atoms with Crippen LogP contribution in [0.5, 0.6) is 5.75 Å². The number of carboxylic acid groups (broad SMARTS) is 1.